The Morgan fingerprint density at radius 3 is 2.67 bits per heavy atom. The lowest BCUT2D eigenvalue weighted by Gasteiger charge is -2.23. The van der Waals surface area contributed by atoms with Gasteiger partial charge in [0.2, 0.25) is 0 Å². The molecule has 18 heavy (non-hydrogen) atoms. The highest BCUT2D eigenvalue weighted by molar-refractivity contribution is 5.40. The number of benzene rings is 1. The largest absolute Gasteiger partial charge is 0.497 e. The summed E-state index contributed by atoms with van der Waals surface area (Å²) in [6.45, 7) is 0.741. The molecule has 4 nitrogen and oxygen atoms in total. The molecule has 1 aliphatic rings. The summed E-state index contributed by atoms with van der Waals surface area (Å²) in [6.07, 6.45) is 3.77. The molecule has 0 spiro atoms. The van der Waals surface area contributed by atoms with Gasteiger partial charge in [-0.1, -0.05) is 18.9 Å². The van der Waals surface area contributed by atoms with Crippen molar-refractivity contribution in [1.29, 1.82) is 0 Å². The van der Waals surface area contributed by atoms with Gasteiger partial charge in [0.1, 0.15) is 18.1 Å². The second-order valence-electron chi connectivity index (χ2n) is 4.90. The summed E-state index contributed by atoms with van der Waals surface area (Å²) >= 11 is 0. The topological polar surface area (TPSA) is 64.7 Å². The molecular formula is C14H21NO3. The Morgan fingerprint density at radius 2 is 2.06 bits per heavy atom. The maximum absolute atomic E-state index is 10.3. The first-order chi connectivity index (χ1) is 8.67. The van der Waals surface area contributed by atoms with Gasteiger partial charge in [0.15, 0.2) is 0 Å². The van der Waals surface area contributed by atoms with Crippen LogP contribution >= 0.6 is 0 Å². The van der Waals surface area contributed by atoms with Gasteiger partial charge in [-0.15, -0.1) is 0 Å². The van der Waals surface area contributed by atoms with Gasteiger partial charge >= 0.3 is 0 Å². The summed E-state index contributed by atoms with van der Waals surface area (Å²) in [5.41, 5.74) is 5.93. The number of rotatable bonds is 5. The summed E-state index contributed by atoms with van der Waals surface area (Å²) in [5.74, 6) is 1.44. The smallest absolute Gasteiger partial charge is 0.127 e. The fraction of sp³-hybridized carbons (Fsp3) is 0.571. The van der Waals surface area contributed by atoms with Crippen molar-refractivity contribution in [3.8, 4) is 11.5 Å². The van der Waals surface area contributed by atoms with Crippen LogP contribution in [0.15, 0.2) is 18.2 Å². The standard InChI is InChI=1S/C14H21NO3/c1-17-12-5-4-11(9-15)13(8-12)18-10-14(16)6-2-3-7-14/h4-5,8,16H,2-3,6-7,9-10,15H2,1H3. The van der Waals surface area contributed by atoms with Crippen LogP contribution in [0.25, 0.3) is 0 Å². The van der Waals surface area contributed by atoms with Crippen molar-refractivity contribution in [3.63, 3.8) is 0 Å². The minimum atomic E-state index is -0.672. The zero-order valence-corrected chi connectivity index (χ0v) is 10.8. The van der Waals surface area contributed by atoms with E-state index in [1.807, 2.05) is 18.2 Å². The molecule has 1 aliphatic carbocycles. The predicted octanol–water partition coefficient (Wildman–Crippen LogP) is 1.84. The molecule has 0 atom stereocenters. The lowest BCUT2D eigenvalue weighted by atomic mass is 10.0. The molecule has 1 aromatic rings. The van der Waals surface area contributed by atoms with Crippen LogP contribution in [-0.2, 0) is 6.54 Å². The maximum Gasteiger partial charge on any atom is 0.127 e. The van der Waals surface area contributed by atoms with Gasteiger partial charge in [-0.25, -0.2) is 0 Å². The number of hydrogen-bond acceptors (Lipinski definition) is 4. The third kappa shape index (κ3) is 2.94. The van der Waals surface area contributed by atoms with E-state index in [0.717, 1.165) is 37.0 Å². The van der Waals surface area contributed by atoms with E-state index < -0.39 is 5.60 Å². The Labute approximate surface area is 108 Å². The Hall–Kier alpha value is -1.26. The number of methoxy groups -OCH3 is 1. The van der Waals surface area contributed by atoms with E-state index in [9.17, 15) is 5.11 Å². The summed E-state index contributed by atoms with van der Waals surface area (Å²) in [5, 5.41) is 10.3. The summed E-state index contributed by atoms with van der Waals surface area (Å²) in [4.78, 5) is 0. The van der Waals surface area contributed by atoms with Crippen molar-refractivity contribution in [2.24, 2.45) is 5.73 Å². The minimum absolute atomic E-state index is 0.327. The highest BCUT2D eigenvalue weighted by atomic mass is 16.5. The maximum atomic E-state index is 10.3. The fourth-order valence-electron chi connectivity index (χ4n) is 2.35. The van der Waals surface area contributed by atoms with Crippen molar-refractivity contribution in [3.05, 3.63) is 23.8 Å². The molecule has 100 valence electrons. The van der Waals surface area contributed by atoms with Gasteiger partial charge in [-0.2, -0.15) is 0 Å². The van der Waals surface area contributed by atoms with Crippen LogP contribution in [-0.4, -0.2) is 24.4 Å². The minimum Gasteiger partial charge on any atom is -0.497 e. The van der Waals surface area contributed by atoms with Gasteiger partial charge in [0, 0.05) is 18.2 Å². The second kappa shape index (κ2) is 5.59. The number of nitrogens with two attached hydrogens (primary N) is 1. The molecule has 0 aliphatic heterocycles. The molecule has 0 bridgehead atoms. The van der Waals surface area contributed by atoms with Gasteiger partial charge in [0.05, 0.1) is 12.7 Å². The average molecular weight is 251 g/mol. The predicted molar refractivity (Wildman–Crippen MR) is 69.8 cm³/mol. The molecule has 4 heteroatoms. The highest BCUT2D eigenvalue weighted by Gasteiger charge is 2.32. The van der Waals surface area contributed by atoms with Crippen molar-refractivity contribution in [2.45, 2.75) is 37.8 Å². The molecule has 3 N–H and O–H groups in total. The van der Waals surface area contributed by atoms with Gasteiger partial charge < -0.3 is 20.3 Å². The lowest BCUT2D eigenvalue weighted by Crippen LogP contribution is -2.32. The Bertz CT molecular complexity index is 400. The molecule has 0 saturated heterocycles. The van der Waals surface area contributed by atoms with E-state index in [4.69, 9.17) is 15.2 Å². The highest BCUT2D eigenvalue weighted by Crippen LogP contribution is 2.31. The first-order valence-electron chi connectivity index (χ1n) is 6.39. The van der Waals surface area contributed by atoms with Crippen molar-refractivity contribution in [2.75, 3.05) is 13.7 Å². The van der Waals surface area contributed by atoms with E-state index in [1.165, 1.54) is 0 Å². The Morgan fingerprint density at radius 1 is 1.33 bits per heavy atom. The van der Waals surface area contributed by atoms with E-state index >= 15 is 0 Å². The van der Waals surface area contributed by atoms with Crippen LogP contribution in [0.2, 0.25) is 0 Å². The third-order valence-electron chi connectivity index (χ3n) is 3.52. The van der Waals surface area contributed by atoms with Crippen molar-refractivity contribution < 1.29 is 14.6 Å². The molecule has 0 amide bonds. The van der Waals surface area contributed by atoms with Crippen molar-refractivity contribution >= 4 is 0 Å². The second-order valence-corrected chi connectivity index (χ2v) is 4.90. The van der Waals surface area contributed by atoms with Gasteiger partial charge in [-0.3, -0.25) is 0 Å². The van der Waals surface area contributed by atoms with E-state index in [1.54, 1.807) is 7.11 Å². The zero-order chi connectivity index (χ0) is 13.0. The van der Waals surface area contributed by atoms with Crippen LogP contribution in [0.4, 0.5) is 0 Å². The Kier molecular flexibility index (Phi) is 4.09. The lowest BCUT2D eigenvalue weighted by molar-refractivity contribution is 0.00108. The first kappa shape index (κ1) is 13.2. The van der Waals surface area contributed by atoms with E-state index in [-0.39, 0.29) is 0 Å². The molecule has 0 aromatic heterocycles. The SMILES string of the molecule is COc1ccc(CN)c(OCC2(O)CCCC2)c1. The molecular weight excluding hydrogens is 230 g/mol. The third-order valence-corrected chi connectivity index (χ3v) is 3.52. The quantitative estimate of drug-likeness (QED) is 0.838. The molecule has 1 aromatic carbocycles. The zero-order valence-electron chi connectivity index (χ0n) is 10.8. The normalized spacial score (nSPS) is 17.7. The monoisotopic (exact) mass is 251 g/mol. The average Bonchev–Trinajstić information content (AvgIpc) is 2.83. The molecule has 1 fully saturated rings. The van der Waals surface area contributed by atoms with Crippen LogP contribution in [0.3, 0.4) is 0 Å². The van der Waals surface area contributed by atoms with Gasteiger partial charge in [0.25, 0.3) is 0 Å². The van der Waals surface area contributed by atoms with Crippen molar-refractivity contribution in [1.82, 2.24) is 0 Å². The van der Waals surface area contributed by atoms with E-state index in [2.05, 4.69) is 0 Å². The van der Waals surface area contributed by atoms with Crippen LogP contribution in [0.1, 0.15) is 31.2 Å². The summed E-state index contributed by atoms with van der Waals surface area (Å²) in [7, 11) is 1.62. The van der Waals surface area contributed by atoms with Crippen LogP contribution in [0.5, 0.6) is 11.5 Å². The van der Waals surface area contributed by atoms with Crippen LogP contribution < -0.4 is 15.2 Å². The molecule has 0 unspecified atom stereocenters. The first-order valence-corrected chi connectivity index (χ1v) is 6.39. The molecule has 2 rings (SSSR count). The summed E-state index contributed by atoms with van der Waals surface area (Å²) in [6, 6.07) is 5.58. The Balaban J connectivity index is 2.07. The number of ether oxygens (including phenoxy) is 2. The number of hydrogen-bond donors (Lipinski definition) is 2. The molecule has 1 saturated carbocycles. The van der Waals surface area contributed by atoms with E-state index in [0.29, 0.717) is 18.9 Å². The summed E-state index contributed by atoms with van der Waals surface area (Å²) < 4.78 is 10.9. The van der Waals surface area contributed by atoms with Gasteiger partial charge in [-0.05, 0) is 18.9 Å². The molecule has 0 heterocycles. The van der Waals surface area contributed by atoms with Crippen LogP contribution in [0, 0.1) is 0 Å². The molecule has 0 radical (unpaired) electrons. The number of aliphatic hydroxyl groups is 1. The fourth-order valence-corrected chi connectivity index (χ4v) is 2.35.